The van der Waals surface area contributed by atoms with Crippen LogP contribution in [-0.4, -0.2) is 34.3 Å². The number of nitrogens with one attached hydrogen (secondary N) is 2. The molecule has 3 aromatic rings. The number of thiazole rings is 1. The molecule has 2 heterocycles. The zero-order chi connectivity index (χ0) is 20.6. The highest BCUT2D eigenvalue weighted by Gasteiger charge is 2.08. The van der Waals surface area contributed by atoms with E-state index in [0.717, 1.165) is 47.4 Å². The highest BCUT2D eigenvalue weighted by Crippen LogP contribution is 2.17. The van der Waals surface area contributed by atoms with Crippen LogP contribution in [0.2, 0.25) is 0 Å². The molecule has 0 fully saturated rings. The molecule has 8 heteroatoms. The van der Waals surface area contributed by atoms with Gasteiger partial charge >= 0.3 is 0 Å². The molecule has 0 unspecified atom stereocenters. The molecule has 0 amide bonds. The van der Waals surface area contributed by atoms with E-state index < -0.39 is 0 Å². The first-order chi connectivity index (χ1) is 14.1. The lowest BCUT2D eigenvalue weighted by Gasteiger charge is -2.10. The van der Waals surface area contributed by atoms with Crippen LogP contribution in [0.5, 0.6) is 0 Å². The molecule has 0 atom stereocenters. The fourth-order valence-electron chi connectivity index (χ4n) is 2.99. The third-order valence-corrected chi connectivity index (χ3v) is 5.60. The number of aryl methyl sites for hydroxylation is 2. The summed E-state index contributed by atoms with van der Waals surface area (Å²) in [5.74, 6) is 1.27. The Morgan fingerprint density at radius 2 is 1.97 bits per heavy atom. The predicted octanol–water partition coefficient (Wildman–Crippen LogP) is 4.68. The van der Waals surface area contributed by atoms with Crippen LogP contribution in [0.15, 0.2) is 46.9 Å². The lowest BCUT2D eigenvalue weighted by atomic mass is 10.1. The van der Waals surface area contributed by atoms with Crippen LogP contribution in [0.25, 0.3) is 5.69 Å². The molecule has 6 nitrogen and oxygen atoms in total. The highest BCUT2D eigenvalue weighted by molar-refractivity contribution is 14.0. The van der Waals surface area contributed by atoms with Gasteiger partial charge in [-0.3, -0.25) is 4.99 Å². The van der Waals surface area contributed by atoms with Gasteiger partial charge in [0.05, 0.1) is 23.6 Å². The first-order valence-corrected chi connectivity index (χ1v) is 10.9. The number of benzene rings is 1. The van der Waals surface area contributed by atoms with E-state index in [9.17, 15) is 0 Å². The third-order valence-electron chi connectivity index (χ3n) is 4.73. The molecule has 0 radical (unpaired) electrons. The minimum absolute atomic E-state index is 0. The molecule has 0 aliphatic carbocycles. The topological polar surface area (TPSA) is 67.1 Å². The molecule has 0 aliphatic rings. The van der Waals surface area contributed by atoms with E-state index in [1.165, 1.54) is 5.56 Å². The Balaban J connectivity index is 0.00000320. The second-order valence-electron chi connectivity index (χ2n) is 7.30. The van der Waals surface area contributed by atoms with Gasteiger partial charge in [-0.2, -0.15) is 5.10 Å². The molecule has 0 bridgehead atoms. The Morgan fingerprint density at radius 1 is 1.20 bits per heavy atom. The van der Waals surface area contributed by atoms with E-state index in [0.29, 0.717) is 12.5 Å². The van der Waals surface area contributed by atoms with Gasteiger partial charge in [0.1, 0.15) is 5.01 Å². The summed E-state index contributed by atoms with van der Waals surface area (Å²) in [6.07, 6.45) is 4.12. The average molecular weight is 539 g/mol. The Hall–Kier alpha value is -1.94. The molecule has 2 N–H and O–H groups in total. The van der Waals surface area contributed by atoms with Crippen molar-refractivity contribution in [2.24, 2.45) is 4.99 Å². The number of rotatable bonds is 8. The minimum atomic E-state index is 0. The minimum Gasteiger partial charge on any atom is -0.356 e. The molecule has 3 rings (SSSR count). The van der Waals surface area contributed by atoms with Gasteiger partial charge in [0, 0.05) is 25.2 Å². The van der Waals surface area contributed by atoms with Gasteiger partial charge in [-0.25, -0.2) is 9.67 Å². The van der Waals surface area contributed by atoms with Crippen molar-refractivity contribution >= 4 is 41.3 Å². The van der Waals surface area contributed by atoms with Gasteiger partial charge in [-0.15, -0.1) is 35.3 Å². The van der Waals surface area contributed by atoms with Gasteiger partial charge in [0.15, 0.2) is 5.96 Å². The highest BCUT2D eigenvalue weighted by atomic mass is 127. The molecule has 162 valence electrons. The number of hydrogen-bond donors (Lipinski definition) is 2. The predicted molar refractivity (Wildman–Crippen MR) is 136 cm³/mol. The number of halogens is 1. The summed E-state index contributed by atoms with van der Waals surface area (Å²) in [6, 6.07) is 10.2. The summed E-state index contributed by atoms with van der Waals surface area (Å²) in [5.41, 5.74) is 4.61. The van der Waals surface area contributed by atoms with E-state index in [2.05, 4.69) is 70.2 Å². The van der Waals surface area contributed by atoms with Crippen molar-refractivity contribution in [2.45, 2.75) is 46.1 Å². The molecule has 2 aromatic heterocycles. The zero-order valence-electron chi connectivity index (χ0n) is 18.1. The fraction of sp³-hybridized carbons (Fsp3) is 0.409. The van der Waals surface area contributed by atoms with Crippen LogP contribution in [-0.2, 0) is 13.0 Å². The molecule has 1 aromatic carbocycles. The molecule has 0 saturated carbocycles. The zero-order valence-corrected chi connectivity index (χ0v) is 21.2. The van der Waals surface area contributed by atoms with Crippen LogP contribution in [0.1, 0.15) is 48.1 Å². The summed E-state index contributed by atoms with van der Waals surface area (Å²) in [7, 11) is 1.80. The quantitative estimate of drug-likeness (QED) is 0.189. The number of aliphatic imine (C=N–C) groups is 1. The van der Waals surface area contributed by atoms with Gasteiger partial charge in [-0.05, 0) is 43.4 Å². The van der Waals surface area contributed by atoms with Crippen LogP contribution in [0, 0.1) is 6.92 Å². The monoisotopic (exact) mass is 538 g/mol. The van der Waals surface area contributed by atoms with Crippen molar-refractivity contribution < 1.29 is 0 Å². The maximum atomic E-state index is 4.65. The third kappa shape index (κ3) is 6.80. The Kier molecular flexibility index (Phi) is 9.77. The molecule has 0 saturated heterocycles. The van der Waals surface area contributed by atoms with E-state index in [-0.39, 0.29) is 24.0 Å². The van der Waals surface area contributed by atoms with Crippen LogP contribution in [0.4, 0.5) is 0 Å². The summed E-state index contributed by atoms with van der Waals surface area (Å²) >= 11 is 1.69. The van der Waals surface area contributed by atoms with Gasteiger partial charge < -0.3 is 10.6 Å². The number of para-hydroxylation sites is 1. The smallest absolute Gasteiger partial charge is 0.191 e. The first kappa shape index (κ1) is 24.3. The van der Waals surface area contributed by atoms with Crippen LogP contribution < -0.4 is 10.6 Å². The standard InChI is InChI=1S/C22H30N6S.HI/c1-16(2)20-15-29-21(26-20)13-25-22(23-4)24-12-8-9-18-14-28(27-17(18)3)19-10-6-5-7-11-19;/h5-7,10-11,14-16H,8-9,12-13H2,1-4H3,(H2,23,24,25);1H. The normalized spacial score (nSPS) is 11.4. The van der Waals surface area contributed by atoms with E-state index in [1.54, 1.807) is 18.4 Å². The average Bonchev–Trinajstić information content (AvgIpc) is 3.35. The van der Waals surface area contributed by atoms with Crippen molar-refractivity contribution in [3.63, 3.8) is 0 Å². The van der Waals surface area contributed by atoms with Crippen molar-refractivity contribution in [1.29, 1.82) is 0 Å². The summed E-state index contributed by atoms with van der Waals surface area (Å²) in [6.45, 7) is 7.95. The maximum Gasteiger partial charge on any atom is 0.191 e. The number of nitrogens with zero attached hydrogens (tertiary/aromatic N) is 4. The van der Waals surface area contributed by atoms with Crippen LogP contribution in [0.3, 0.4) is 0 Å². The van der Waals surface area contributed by atoms with E-state index in [4.69, 9.17) is 0 Å². The Bertz CT molecular complexity index is 932. The van der Waals surface area contributed by atoms with Crippen molar-refractivity contribution in [3.05, 3.63) is 63.9 Å². The lowest BCUT2D eigenvalue weighted by molar-refractivity contribution is 0.737. The number of hydrogen-bond acceptors (Lipinski definition) is 4. The SMILES string of the molecule is CN=C(NCCCc1cn(-c2ccccc2)nc1C)NCc1nc(C(C)C)cs1.I. The maximum absolute atomic E-state index is 4.65. The Morgan fingerprint density at radius 3 is 2.63 bits per heavy atom. The lowest BCUT2D eigenvalue weighted by Crippen LogP contribution is -2.37. The molecule has 30 heavy (non-hydrogen) atoms. The second kappa shape index (κ2) is 12.0. The number of aromatic nitrogens is 3. The summed E-state index contributed by atoms with van der Waals surface area (Å²) < 4.78 is 1.96. The van der Waals surface area contributed by atoms with E-state index in [1.807, 2.05) is 22.9 Å². The van der Waals surface area contributed by atoms with Crippen molar-refractivity contribution in [1.82, 2.24) is 25.4 Å². The number of guanidine groups is 1. The fourth-order valence-corrected chi connectivity index (χ4v) is 3.89. The van der Waals surface area contributed by atoms with Gasteiger partial charge in [-0.1, -0.05) is 32.0 Å². The molecular weight excluding hydrogens is 507 g/mol. The summed E-state index contributed by atoms with van der Waals surface area (Å²) in [5, 5.41) is 14.6. The molecule has 0 aliphatic heterocycles. The van der Waals surface area contributed by atoms with Crippen molar-refractivity contribution in [3.8, 4) is 5.69 Å². The largest absolute Gasteiger partial charge is 0.356 e. The van der Waals surface area contributed by atoms with Crippen molar-refractivity contribution in [2.75, 3.05) is 13.6 Å². The molecule has 0 spiro atoms. The van der Waals surface area contributed by atoms with Gasteiger partial charge in [0.2, 0.25) is 0 Å². The molecular formula is C22H31IN6S. The van der Waals surface area contributed by atoms with E-state index >= 15 is 0 Å². The summed E-state index contributed by atoms with van der Waals surface area (Å²) in [4.78, 5) is 8.96. The Labute approximate surface area is 200 Å². The first-order valence-electron chi connectivity index (χ1n) is 10.1. The second-order valence-corrected chi connectivity index (χ2v) is 8.24. The van der Waals surface area contributed by atoms with Gasteiger partial charge in [0.25, 0.3) is 0 Å². The van der Waals surface area contributed by atoms with Crippen LogP contribution >= 0.6 is 35.3 Å².